The molecular formula is C19H23N5O3. The second-order valence-corrected chi connectivity index (χ2v) is 7.39. The van der Waals surface area contributed by atoms with Crippen molar-refractivity contribution in [3.63, 3.8) is 0 Å². The predicted molar refractivity (Wildman–Crippen MR) is 101 cm³/mol. The fourth-order valence-corrected chi connectivity index (χ4v) is 3.06. The summed E-state index contributed by atoms with van der Waals surface area (Å²) < 4.78 is 1.42. The Morgan fingerprint density at radius 2 is 2.15 bits per heavy atom. The third kappa shape index (κ3) is 3.77. The molecule has 2 N–H and O–H groups in total. The maximum absolute atomic E-state index is 12.8. The van der Waals surface area contributed by atoms with Crippen molar-refractivity contribution in [1.82, 2.24) is 19.9 Å². The fraction of sp³-hybridized carbons (Fsp3) is 0.526. The van der Waals surface area contributed by atoms with Crippen LogP contribution in [-0.4, -0.2) is 26.5 Å². The van der Waals surface area contributed by atoms with Gasteiger partial charge in [-0.3, -0.25) is 19.1 Å². The van der Waals surface area contributed by atoms with E-state index >= 15 is 0 Å². The summed E-state index contributed by atoms with van der Waals surface area (Å²) in [4.78, 5) is 44.6. The van der Waals surface area contributed by atoms with Gasteiger partial charge in [0.15, 0.2) is 5.65 Å². The molecule has 2 aromatic rings. The minimum absolute atomic E-state index is 0.0879. The SMILES string of the molecule is CC[C@H](C#N)NC(=O)c1cc(C2CC2)nc2c1c(=O)[nH]c(=O)n2CC(C)C. The summed E-state index contributed by atoms with van der Waals surface area (Å²) in [7, 11) is 0. The van der Waals surface area contributed by atoms with Crippen molar-refractivity contribution in [2.24, 2.45) is 5.92 Å². The first kappa shape index (κ1) is 18.8. The molecule has 1 amide bonds. The molecule has 0 radical (unpaired) electrons. The molecule has 1 aliphatic rings. The highest BCUT2D eigenvalue weighted by atomic mass is 16.2. The Balaban J connectivity index is 2.26. The normalized spacial score (nSPS) is 14.9. The monoisotopic (exact) mass is 369 g/mol. The van der Waals surface area contributed by atoms with E-state index in [-0.39, 0.29) is 28.4 Å². The first-order valence-electron chi connectivity index (χ1n) is 9.23. The van der Waals surface area contributed by atoms with Gasteiger partial charge in [-0.1, -0.05) is 20.8 Å². The van der Waals surface area contributed by atoms with Gasteiger partial charge in [-0.15, -0.1) is 0 Å². The summed E-state index contributed by atoms with van der Waals surface area (Å²) in [5, 5.41) is 11.9. The first-order chi connectivity index (χ1) is 12.8. The van der Waals surface area contributed by atoms with Crippen molar-refractivity contribution in [3.05, 3.63) is 38.2 Å². The second kappa shape index (κ2) is 7.35. The summed E-state index contributed by atoms with van der Waals surface area (Å²) in [5.41, 5.74) is -0.0667. The van der Waals surface area contributed by atoms with Crippen LogP contribution in [0.5, 0.6) is 0 Å². The Hall–Kier alpha value is -2.95. The van der Waals surface area contributed by atoms with E-state index in [9.17, 15) is 14.4 Å². The molecule has 142 valence electrons. The van der Waals surface area contributed by atoms with Crippen molar-refractivity contribution in [2.45, 2.75) is 58.5 Å². The average Bonchev–Trinajstić information content (AvgIpc) is 3.46. The molecule has 1 fully saturated rings. The van der Waals surface area contributed by atoms with E-state index in [4.69, 9.17) is 5.26 Å². The van der Waals surface area contributed by atoms with Crippen LogP contribution in [0.3, 0.4) is 0 Å². The lowest BCUT2D eigenvalue weighted by Gasteiger charge is -2.15. The van der Waals surface area contributed by atoms with Crippen molar-refractivity contribution in [3.8, 4) is 6.07 Å². The number of nitrogens with zero attached hydrogens (tertiary/aromatic N) is 3. The molecule has 1 atom stereocenters. The summed E-state index contributed by atoms with van der Waals surface area (Å²) >= 11 is 0. The fourth-order valence-electron chi connectivity index (χ4n) is 3.06. The van der Waals surface area contributed by atoms with Crippen molar-refractivity contribution in [1.29, 1.82) is 5.26 Å². The zero-order chi connectivity index (χ0) is 19.7. The van der Waals surface area contributed by atoms with E-state index in [0.717, 1.165) is 12.8 Å². The number of carbonyl (C=O) groups is 1. The van der Waals surface area contributed by atoms with Gasteiger partial charge in [0.1, 0.15) is 6.04 Å². The van der Waals surface area contributed by atoms with E-state index in [0.29, 0.717) is 18.7 Å². The number of carbonyl (C=O) groups excluding carboxylic acids is 1. The highest BCUT2D eigenvalue weighted by Crippen LogP contribution is 2.39. The van der Waals surface area contributed by atoms with Crippen LogP contribution in [0.2, 0.25) is 0 Å². The zero-order valence-corrected chi connectivity index (χ0v) is 15.7. The van der Waals surface area contributed by atoms with Crippen LogP contribution in [0.1, 0.15) is 62.0 Å². The number of rotatable bonds is 6. The summed E-state index contributed by atoms with van der Waals surface area (Å²) in [6.45, 7) is 6.09. The average molecular weight is 369 g/mol. The van der Waals surface area contributed by atoms with Crippen LogP contribution in [0.15, 0.2) is 15.7 Å². The molecule has 2 aromatic heterocycles. The molecule has 1 aliphatic carbocycles. The van der Waals surface area contributed by atoms with Gasteiger partial charge in [0.2, 0.25) is 0 Å². The number of nitriles is 1. The van der Waals surface area contributed by atoms with E-state index in [1.807, 2.05) is 19.9 Å². The van der Waals surface area contributed by atoms with Gasteiger partial charge in [-0.25, -0.2) is 9.78 Å². The van der Waals surface area contributed by atoms with Crippen LogP contribution < -0.4 is 16.6 Å². The molecule has 8 nitrogen and oxygen atoms in total. The molecular weight excluding hydrogens is 346 g/mol. The molecule has 0 saturated heterocycles. The lowest BCUT2D eigenvalue weighted by atomic mass is 10.1. The molecule has 0 aliphatic heterocycles. The Bertz CT molecular complexity index is 1040. The zero-order valence-electron chi connectivity index (χ0n) is 15.7. The predicted octanol–water partition coefficient (Wildman–Crippen LogP) is 1.65. The van der Waals surface area contributed by atoms with Gasteiger partial charge in [0.25, 0.3) is 11.5 Å². The Labute approximate surface area is 156 Å². The number of hydrogen-bond acceptors (Lipinski definition) is 5. The lowest BCUT2D eigenvalue weighted by molar-refractivity contribution is 0.0946. The van der Waals surface area contributed by atoms with E-state index < -0.39 is 23.2 Å². The molecule has 0 aromatic carbocycles. The Kier molecular flexibility index (Phi) is 5.13. The highest BCUT2D eigenvalue weighted by Gasteiger charge is 2.29. The molecule has 1 saturated carbocycles. The van der Waals surface area contributed by atoms with Crippen molar-refractivity contribution in [2.75, 3.05) is 0 Å². The molecule has 0 bridgehead atoms. The molecule has 2 heterocycles. The topological polar surface area (TPSA) is 121 Å². The second-order valence-electron chi connectivity index (χ2n) is 7.39. The van der Waals surface area contributed by atoms with Crippen LogP contribution in [0, 0.1) is 17.2 Å². The minimum atomic E-state index is -0.647. The van der Waals surface area contributed by atoms with E-state index in [1.165, 1.54) is 4.57 Å². The first-order valence-corrected chi connectivity index (χ1v) is 9.23. The van der Waals surface area contributed by atoms with Crippen molar-refractivity contribution < 1.29 is 4.79 Å². The summed E-state index contributed by atoms with van der Waals surface area (Å²) in [5.74, 6) is -0.109. The van der Waals surface area contributed by atoms with Gasteiger partial charge in [0, 0.05) is 18.2 Å². The van der Waals surface area contributed by atoms with Gasteiger partial charge in [-0.2, -0.15) is 5.26 Å². The largest absolute Gasteiger partial charge is 0.336 e. The van der Waals surface area contributed by atoms with Gasteiger partial charge < -0.3 is 5.32 Å². The number of fused-ring (bicyclic) bond motifs is 1. The number of H-pyrrole nitrogens is 1. The van der Waals surface area contributed by atoms with E-state index in [2.05, 4.69) is 15.3 Å². The van der Waals surface area contributed by atoms with Crippen molar-refractivity contribution >= 4 is 16.9 Å². The van der Waals surface area contributed by atoms with Crippen LogP contribution in [-0.2, 0) is 6.54 Å². The maximum atomic E-state index is 12.8. The quantitative estimate of drug-likeness (QED) is 0.802. The van der Waals surface area contributed by atoms with Gasteiger partial charge in [-0.05, 0) is 31.2 Å². The van der Waals surface area contributed by atoms with Gasteiger partial charge in [0.05, 0.1) is 17.0 Å². The summed E-state index contributed by atoms with van der Waals surface area (Å²) in [6.07, 6.45) is 2.38. The lowest BCUT2D eigenvalue weighted by Crippen LogP contribution is -2.36. The van der Waals surface area contributed by atoms with Crippen LogP contribution >= 0.6 is 0 Å². The minimum Gasteiger partial charge on any atom is -0.336 e. The van der Waals surface area contributed by atoms with Crippen LogP contribution in [0.25, 0.3) is 11.0 Å². The Morgan fingerprint density at radius 3 is 2.70 bits per heavy atom. The molecule has 0 unspecified atom stereocenters. The number of nitrogens with one attached hydrogen (secondary N) is 2. The van der Waals surface area contributed by atoms with Gasteiger partial charge >= 0.3 is 5.69 Å². The third-order valence-corrected chi connectivity index (χ3v) is 4.63. The summed E-state index contributed by atoms with van der Waals surface area (Å²) in [6, 6.07) is 3.00. The van der Waals surface area contributed by atoms with Crippen LogP contribution in [0.4, 0.5) is 0 Å². The smallest absolute Gasteiger partial charge is 0.330 e. The van der Waals surface area contributed by atoms with E-state index in [1.54, 1.807) is 13.0 Å². The standard InChI is InChI=1S/C19H23N5O3/c1-4-12(8-20)21-17(25)13-7-14(11-5-6-11)22-16-15(13)18(26)23-19(27)24(16)9-10(2)3/h7,10-12H,4-6,9H2,1-3H3,(H,21,25)(H,23,26,27)/t12-/m1/s1. The Morgan fingerprint density at radius 1 is 1.44 bits per heavy atom. The molecule has 0 spiro atoms. The molecule has 27 heavy (non-hydrogen) atoms. The number of aromatic amines is 1. The molecule has 8 heteroatoms. The number of aromatic nitrogens is 3. The number of amides is 1. The maximum Gasteiger partial charge on any atom is 0.330 e. The highest BCUT2D eigenvalue weighted by molar-refractivity contribution is 6.05. The number of hydrogen-bond donors (Lipinski definition) is 2. The number of pyridine rings is 1. The third-order valence-electron chi connectivity index (χ3n) is 4.63. The molecule has 3 rings (SSSR count).